The molecule has 6 bridgehead atoms. The van der Waals surface area contributed by atoms with Crippen LogP contribution in [0.2, 0.25) is 0 Å². The van der Waals surface area contributed by atoms with Gasteiger partial charge in [0.05, 0.1) is 34.5 Å². The number of rotatable bonds is 2. The van der Waals surface area contributed by atoms with Gasteiger partial charge in [-0.15, -0.1) is 11.8 Å². The fourth-order valence-corrected chi connectivity index (χ4v) is 11.7. The molecular formula is C36H38F3N5O4S2. The second-order valence-corrected chi connectivity index (χ2v) is 17.9. The van der Waals surface area contributed by atoms with Gasteiger partial charge in [0.15, 0.2) is 0 Å². The number of alkyl halides is 3. The average Bonchev–Trinajstić information content (AvgIpc) is 3.95. The van der Waals surface area contributed by atoms with E-state index in [9.17, 15) is 22.8 Å². The van der Waals surface area contributed by atoms with Gasteiger partial charge in [0.2, 0.25) is 5.91 Å². The minimum atomic E-state index is -4.49. The quantitative estimate of drug-likeness (QED) is 0.234. The van der Waals surface area contributed by atoms with Crippen molar-refractivity contribution in [2.75, 3.05) is 20.3 Å². The average molecular weight is 726 g/mol. The zero-order chi connectivity index (χ0) is 34.9. The first kappa shape index (κ1) is 32.8. The van der Waals surface area contributed by atoms with Crippen molar-refractivity contribution in [3.8, 4) is 11.3 Å². The number of esters is 1. The molecule has 9 nitrogen and oxygen atoms in total. The summed E-state index contributed by atoms with van der Waals surface area (Å²) in [6.07, 6.45) is -1.76. The number of amides is 1. The van der Waals surface area contributed by atoms with E-state index in [0.29, 0.717) is 53.7 Å². The lowest BCUT2D eigenvalue weighted by Gasteiger charge is -2.42. The third-order valence-corrected chi connectivity index (χ3v) is 14.3. The van der Waals surface area contributed by atoms with Crippen LogP contribution in [-0.2, 0) is 25.6 Å². The number of halogens is 3. The zero-order valence-corrected chi connectivity index (χ0v) is 29.8. The highest BCUT2D eigenvalue weighted by molar-refractivity contribution is 8.14. The van der Waals surface area contributed by atoms with E-state index in [4.69, 9.17) is 14.5 Å². The highest BCUT2D eigenvalue weighted by Gasteiger charge is 2.83. The molecule has 14 heteroatoms. The van der Waals surface area contributed by atoms with E-state index >= 15 is 0 Å². The molecule has 1 spiro atoms. The molecule has 5 unspecified atom stereocenters. The molecule has 2 saturated heterocycles. The maximum Gasteiger partial charge on any atom is 0.406 e. The molecule has 3 fully saturated rings. The van der Waals surface area contributed by atoms with Crippen molar-refractivity contribution in [3.05, 3.63) is 53.3 Å². The molecule has 264 valence electrons. The molecule has 4 aliphatic heterocycles. The van der Waals surface area contributed by atoms with E-state index in [2.05, 4.69) is 17.3 Å². The standard InChI is InChI=1S/C36H38F3N5O4S2/c1-17-26-18-9-10-22-20(13-18)24-25(29(47-4)27-19(7-5-11-40-27)28(24)43(22)15-36(37,38)39)34(2,3)16-48-32(45)21-8-6-12-44(42-21)33(46)35(30-31(35)50-30)14-23(41-26)49-17/h5,7,9-11,13,17,21,25-26,29-31,42H,6,8,12,14-16H2,1-4H3/t17?,21-,25?,26?,29-,30+,31?,35?/m0/s1. The molecule has 1 saturated carbocycles. The number of hydrazine groups is 1. The number of benzene rings is 1. The number of aromatic nitrogens is 2. The number of thioether (sulfide) groups is 2. The third kappa shape index (κ3) is 4.91. The monoisotopic (exact) mass is 725 g/mol. The normalized spacial score (nSPS) is 34.2. The predicted molar refractivity (Wildman–Crippen MR) is 186 cm³/mol. The Bertz CT molecular complexity index is 1970. The maximum absolute atomic E-state index is 14.4. The van der Waals surface area contributed by atoms with Gasteiger partial charge in [-0.2, -0.15) is 24.9 Å². The van der Waals surface area contributed by atoms with Gasteiger partial charge in [0.25, 0.3) is 0 Å². The second kappa shape index (κ2) is 11.2. The first-order valence-corrected chi connectivity index (χ1v) is 19.0. The smallest absolute Gasteiger partial charge is 0.406 e. The van der Waals surface area contributed by atoms with Crippen molar-refractivity contribution in [2.45, 2.75) is 92.6 Å². The number of pyridine rings is 1. The molecule has 1 aromatic carbocycles. The topological polar surface area (TPSA) is 98.0 Å². The van der Waals surface area contributed by atoms with Gasteiger partial charge in [-0.25, -0.2) is 5.43 Å². The van der Waals surface area contributed by atoms with E-state index in [-0.39, 0.29) is 34.3 Å². The number of nitrogens with zero attached hydrogens (tertiary/aromatic N) is 4. The van der Waals surface area contributed by atoms with E-state index in [1.807, 2.05) is 43.8 Å². The minimum absolute atomic E-state index is 0.0190. The molecule has 9 rings (SSSR count). The van der Waals surface area contributed by atoms with Crippen LogP contribution in [-0.4, -0.2) is 79.7 Å². The summed E-state index contributed by atoms with van der Waals surface area (Å²) in [6.45, 7) is 5.36. The molecule has 1 N–H and O–H groups in total. The first-order valence-electron chi connectivity index (χ1n) is 17.2. The fourth-order valence-electron chi connectivity index (χ4n) is 8.96. The molecule has 6 heterocycles. The Morgan fingerprint density at radius 2 is 1.98 bits per heavy atom. The highest BCUT2D eigenvalue weighted by atomic mass is 32.2. The van der Waals surface area contributed by atoms with E-state index < -0.39 is 47.6 Å². The molecule has 50 heavy (non-hydrogen) atoms. The maximum atomic E-state index is 14.4. The largest absolute Gasteiger partial charge is 0.464 e. The summed E-state index contributed by atoms with van der Waals surface area (Å²) in [5.74, 6) is -0.973. The Hall–Kier alpha value is -3.07. The molecule has 1 amide bonds. The predicted octanol–water partition coefficient (Wildman–Crippen LogP) is 6.58. The third-order valence-electron chi connectivity index (χ3n) is 11.5. The molecule has 2 aromatic heterocycles. The van der Waals surface area contributed by atoms with Crippen molar-refractivity contribution in [1.29, 1.82) is 0 Å². The van der Waals surface area contributed by atoms with Gasteiger partial charge in [-0.1, -0.05) is 26.8 Å². The van der Waals surface area contributed by atoms with Crippen molar-refractivity contribution >= 4 is 51.3 Å². The van der Waals surface area contributed by atoms with Crippen LogP contribution in [0.4, 0.5) is 13.2 Å². The van der Waals surface area contributed by atoms with Crippen LogP contribution >= 0.6 is 23.5 Å². The van der Waals surface area contributed by atoms with Crippen molar-refractivity contribution in [1.82, 2.24) is 20.0 Å². The lowest BCUT2D eigenvalue weighted by atomic mass is 9.67. The Morgan fingerprint density at radius 3 is 2.70 bits per heavy atom. The number of ether oxygens (including phenoxy) is 2. The van der Waals surface area contributed by atoms with E-state index in [1.165, 1.54) is 4.57 Å². The molecule has 6 aliphatic rings. The van der Waals surface area contributed by atoms with Gasteiger partial charge in [-0.3, -0.25) is 24.6 Å². The van der Waals surface area contributed by atoms with Crippen LogP contribution < -0.4 is 5.43 Å². The number of carbonyl (C=O) groups is 2. The summed E-state index contributed by atoms with van der Waals surface area (Å²) in [4.78, 5) is 37.7. The second-order valence-electron chi connectivity index (χ2n) is 15.2. The number of hydrogen-bond donors (Lipinski definition) is 1. The fraction of sp³-hybridized carbons (Fsp3) is 0.556. The van der Waals surface area contributed by atoms with Gasteiger partial charge in [0, 0.05) is 69.8 Å². The van der Waals surface area contributed by atoms with Crippen LogP contribution in [0.3, 0.4) is 0 Å². The Morgan fingerprint density at radius 1 is 1.18 bits per heavy atom. The number of hydrogen-bond acceptors (Lipinski definition) is 9. The van der Waals surface area contributed by atoms with Gasteiger partial charge >= 0.3 is 12.1 Å². The van der Waals surface area contributed by atoms with E-state index in [1.54, 1.807) is 42.2 Å². The van der Waals surface area contributed by atoms with Crippen molar-refractivity contribution in [3.63, 3.8) is 0 Å². The van der Waals surface area contributed by atoms with Gasteiger partial charge in [0.1, 0.15) is 18.7 Å². The lowest BCUT2D eigenvalue weighted by molar-refractivity contribution is -0.157. The zero-order valence-electron chi connectivity index (χ0n) is 28.1. The summed E-state index contributed by atoms with van der Waals surface area (Å²) in [5, 5.41) is 3.84. The number of carbonyl (C=O) groups excluding carboxylic acids is 2. The van der Waals surface area contributed by atoms with E-state index in [0.717, 1.165) is 16.2 Å². The Labute approximate surface area is 296 Å². The van der Waals surface area contributed by atoms with Crippen LogP contribution in [0.5, 0.6) is 0 Å². The molecular weight excluding hydrogens is 688 g/mol. The number of cyclic esters (lactones) is 1. The number of fused-ring (bicyclic) bond motifs is 10. The molecule has 3 aromatic rings. The Kier molecular flexibility index (Phi) is 7.36. The summed E-state index contributed by atoms with van der Waals surface area (Å²) >= 11 is 3.49. The molecule has 8 atom stereocenters. The van der Waals surface area contributed by atoms with Gasteiger partial charge in [-0.05, 0) is 48.2 Å². The summed E-state index contributed by atoms with van der Waals surface area (Å²) in [7, 11) is 1.59. The lowest BCUT2D eigenvalue weighted by Crippen LogP contribution is -2.58. The highest BCUT2D eigenvalue weighted by Crippen LogP contribution is 2.79. The van der Waals surface area contributed by atoms with Gasteiger partial charge < -0.3 is 14.0 Å². The van der Waals surface area contributed by atoms with Crippen molar-refractivity contribution < 1.29 is 32.2 Å². The van der Waals surface area contributed by atoms with Crippen LogP contribution in [0, 0.1) is 10.8 Å². The van der Waals surface area contributed by atoms with Crippen LogP contribution in [0.15, 0.2) is 41.5 Å². The van der Waals surface area contributed by atoms with Crippen LogP contribution in [0.1, 0.15) is 74.9 Å². The number of nitrogens with one attached hydrogen (secondary N) is 1. The first-order chi connectivity index (χ1) is 23.8. The summed E-state index contributed by atoms with van der Waals surface area (Å²) in [6, 6.07) is 8.33. The summed E-state index contributed by atoms with van der Waals surface area (Å²) < 4.78 is 56.8. The molecule has 0 radical (unpaired) electrons. The molecule has 2 aliphatic carbocycles. The number of aliphatic imine (C=N–C) groups is 1. The SMILES string of the molecule is CO[C@@H]1c2ncccc2-c2c3c4cc(ccc4n2CC(F)(F)F)C2N=C(CC4(C(=O)N5CCC[C@H](N5)C(=O)OCC(C)(C)C31)C1S[C@H]14)SC2C. The van der Waals surface area contributed by atoms with Crippen LogP contribution in [0.25, 0.3) is 22.2 Å². The summed E-state index contributed by atoms with van der Waals surface area (Å²) in [5.41, 5.74) is 5.55. The minimum Gasteiger partial charge on any atom is -0.464 e. The number of methoxy groups -OCH3 is 1. The van der Waals surface area contributed by atoms with Crippen molar-refractivity contribution in [2.24, 2.45) is 15.8 Å². The Balaban J connectivity index is 1.25.